The van der Waals surface area contributed by atoms with Crippen LogP contribution in [0.4, 0.5) is 13.2 Å². The molecule has 0 atom stereocenters. The fraction of sp³-hybridized carbons (Fsp3) is 0.125. The van der Waals surface area contributed by atoms with E-state index in [1.165, 1.54) is 6.07 Å². The zero-order valence-electron chi connectivity index (χ0n) is 7.21. The number of rotatable bonds is 2. The Hall–Kier alpha value is 0.0766. The molecule has 1 heterocycles. The normalized spacial score (nSPS) is 12.1. The summed E-state index contributed by atoms with van der Waals surface area (Å²) >= 11 is 1.05. The van der Waals surface area contributed by atoms with Crippen LogP contribution in [0.15, 0.2) is 23.6 Å². The molecule has 80 valence electrons. The summed E-state index contributed by atoms with van der Waals surface area (Å²) in [7, 11) is 0. The molecule has 0 aliphatic carbocycles. The summed E-state index contributed by atoms with van der Waals surface area (Å²) in [6.07, 6.45) is -4.77. The summed E-state index contributed by atoms with van der Waals surface area (Å²) in [5.74, 6) is -2.73. The number of aliphatic hydroxyl groups is 1. The summed E-state index contributed by atoms with van der Waals surface area (Å²) in [6, 6.07) is 2.97. The second-order valence-corrected chi connectivity index (χ2v) is 3.32. The summed E-state index contributed by atoms with van der Waals surface area (Å²) < 4.78 is 35.2. The molecular weight excluding hydrogens is 357 g/mol. The Kier molecular flexibility index (Phi) is 6.00. The summed E-state index contributed by atoms with van der Waals surface area (Å²) in [5, 5.41) is 10.7. The van der Waals surface area contributed by atoms with Crippen molar-refractivity contribution in [2.75, 3.05) is 0 Å². The Morgan fingerprint density at radius 3 is 2.47 bits per heavy atom. The van der Waals surface area contributed by atoms with E-state index >= 15 is 0 Å². The number of halogens is 3. The zero-order chi connectivity index (χ0) is 10.8. The molecule has 0 fully saturated rings. The maximum atomic E-state index is 11.7. The van der Waals surface area contributed by atoms with Crippen LogP contribution < -0.4 is 0 Å². The fourth-order valence-electron chi connectivity index (χ4n) is 0.701. The van der Waals surface area contributed by atoms with Crippen molar-refractivity contribution >= 4 is 22.9 Å². The van der Waals surface area contributed by atoms with E-state index in [1.807, 2.05) is 0 Å². The number of thiophene rings is 1. The van der Waals surface area contributed by atoms with Crippen LogP contribution in [0, 0.1) is 41.7 Å². The van der Waals surface area contributed by atoms with Crippen LogP contribution in [-0.4, -0.2) is 17.1 Å². The molecular formula is C8H5CeF3O2S. The van der Waals surface area contributed by atoms with Crippen molar-refractivity contribution in [2.24, 2.45) is 0 Å². The molecule has 0 bridgehead atoms. The number of carbonyl (C=O) groups excluding carboxylic acids is 1. The van der Waals surface area contributed by atoms with Crippen molar-refractivity contribution in [1.29, 1.82) is 0 Å². The average Bonchev–Trinajstić information content (AvgIpc) is 2.53. The number of aliphatic hydroxyl groups excluding tert-OH is 1. The molecule has 0 amide bonds. The third-order valence-corrected chi connectivity index (χ3v) is 2.21. The number of ketones is 1. The molecule has 1 aromatic rings. The number of hydrogen-bond acceptors (Lipinski definition) is 3. The van der Waals surface area contributed by atoms with E-state index in [1.54, 1.807) is 11.4 Å². The zero-order valence-corrected chi connectivity index (χ0v) is 11.2. The maximum Gasteiger partial charge on any atom is 0.454 e. The molecule has 7 heteroatoms. The van der Waals surface area contributed by atoms with Gasteiger partial charge in [-0.25, -0.2) is 0 Å². The number of allylic oxidation sites excluding steroid dienone is 1. The van der Waals surface area contributed by atoms with Gasteiger partial charge >= 0.3 is 6.18 Å². The predicted molar refractivity (Wildman–Crippen MR) is 46.0 cm³/mol. The van der Waals surface area contributed by atoms with Gasteiger partial charge < -0.3 is 5.11 Å². The van der Waals surface area contributed by atoms with Gasteiger partial charge in [-0.05, 0) is 11.4 Å². The first-order valence-electron chi connectivity index (χ1n) is 3.47. The third-order valence-electron chi connectivity index (χ3n) is 1.32. The summed E-state index contributed by atoms with van der Waals surface area (Å²) in [5.41, 5.74) is 0. The quantitative estimate of drug-likeness (QED) is 0.649. The second kappa shape index (κ2) is 5.97. The fourth-order valence-corrected chi connectivity index (χ4v) is 1.34. The van der Waals surface area contributed by atoms with Gasteiger partial charge in [0.05, 0.1) is 4.88 Å². The first-order chi connectivity index (χ1) is 6.41. The third kappa shape index (κ3) is 4.62. The first kappa shape index (κ1) is 15.1. The molecule has 0 aromatic carbocycles. The van der Waals surface area contributed by atoms with Gasteiger partial charge in [-0.3, -0.25) is 4.79 Å². The van der Waals surface area contributed by atoms with Crippen molar-refractivity contribution in [2.45, 2.75) is 6.18 Å². The topological polar surface area (TPSA) is 37.3 Å². The molecule has 2 nitrogen and oxygen atoms in total. The second-order valence-electron chi connectivity index (χ2n) is 2.37. The monoisotopic (exact) mass is 362 g/mol. The van der Waals surface area contributed by atoms with Gasteiger partial charge in [0.15, 0.2) is 0 Å². The van der Waals surface area contributed by atoms with Crippen molar-refractivity contribution in [3.63, 3.8) is 0 Å². The summed E-state index contributed by atoms with van der Waals surface area (Å²) in [4.78, 5) is 10.6. The van der Waals surface area contributed by atoms with Crippen molar-refractivity contribution < 1.29 is 64.8 Å². The molecule has 0 saturated carbocycles. The summed E-state index contributed by atoms with van der Waals surface area (Å²) in [6.45, 7) is 0. The molecule has 0 radical (unpaired) electrons. The Morgan fingerprint density at radius 1 is 1.47 bits per heavy atom. The molecule has 0 unspecified atom stereocenters. The minimum atomic E-state index is -4.94. The minimum absolute atomic E-state index is 0. The van der Waals surface area contributed by atoms with Crippen molar-refractivity contribution in [1.82, 2.24) is 0 Å². The smallest absolute Gasteiger partial charge is 0.454 e. The van der Waals surface area contributed by atoms with Crippen LogP contribution in [-0.2, 0) is 4.79 Å². The standard InChI is InChI=1S/C8H5F3O2S.Ce/c9-8(10,11)7(13)4-5(12)6-2-1-3-14-6;/h1-4,12H;/b5-4-;. The van der Waals surface area contributed by atoms with E-state index < -0.39 is 17.7 Å². The Bertz CT molecular complexity index is 356. The van der Waals surface area contributed by atoms with Gasteiger partial charge in [0.25, 0.3) is 5.78 Å². The average molecular weight is 362 g/mol. The SMILES string of the molecule is O=C(/C=C(\O)c1cccs1)C(F)(F)F.[Ce]. The van der Waals surface area contributed by atoms with E-state index in [2.05, 4.69) is 0 Å². The maximum absolute atomic E-state index is 11.7. The van der Waals surface area contributed by atoms with Crippen LogP contribution in [0.25, 0.3) is 5.76 Å². The molecule has 0 saturated heterocycles. The predicted octanol–water partition coefficient (Wildman–Crippen LogP) is 2.78. The molecule has 1 aromatic heterocycles. The number of carbonyl (C=O) groups is 1. The van der Waals surface area contributed by atoms with Gasteiger partial charge in [0, 0.05) is 47.8 Å². The van der Waals surface area contributed by atoms with Gasteiger partial charge in [-0.2, -0.15) is 13.2 Å². The van der Waals surface area contributed by atoms with Crippen LogP contribution >= 0.6 is 11.3 Å². The van der Waals surface area contributed by atoms with E-state index in [0.717, 1.165) is 11.3 Å². The van der Waals surface area contributed by atoms with Crippen molar-refractivity contribution in [3.05, 3.63) is 28.5 Å². The van der Waals surface area contributed by atoms with E-state index in [9.17, 15) is 18.0 Å². The minimum Gasteiger partial charge on any atom is -0.506 e. The van der Waals surface area contributed by atoms with Gasteiger partial charge in [-0.15, -0.1) is 11.3 Å². The van der Waals surface area contributed by atoms with E-state index in [-0.39, 0.29) is 52.7 Å². The van der Waals surface area contributed by atoms with Gasteiger partial charge in [-0.1, -0.05) is 6.07 Å². The van der Waals surface area contributed by atoms with Crippen LogP contribution in [0.3, 0.4) is 0 Å². The molecule has 0 aliphatic rings. The van der Waals surface area contributed by atoms with Crippen LogP contribution in [0.2, 0.25) is 0 Å². The molecule has 0 spiro atoms. The van der Waals surface area contributed by atoms with E-state index in [4.69, 9.17) is 5.11 Å². The van der Waals surface area contributed by atoms with Gasteiger partial charge in [0.2, 0.25) is 0 Å². The van der Waals surface area contributed by atoms with E-state index in [0.29, 0.717) is 0 Å². The number of hydrogen-bond donors (Lipinski definition) is 1. The number of alkyl halides is 3. The molecule has 0 aliphatic heterocycles. The van der Waals surface area contributed by atoms with Crippen LogP contribution in [0.5, 0.6) is 0 Å². The largest absolute Gasteiger partial charge is 0.506 e. The van der Waals surface area contributed by atoms with Crippen LogP contribution in [0.1, 0.15) is 4.88 Å². The van der Waals surface area contributed by atoms with Gasteiger partial charge in [0.1, 0.15) is 5.76 Å². The first-order valence-corrected chi connectivity index (χ1v) is 4.35. The molecule has 1 N–H and O–H groups in total. The molecule has 15 heavy (non-hydrogen) atoms. The Labute approximate surface area is 121 Å². The Balaban J connectivity index is 0.00000196. The molecule has 1 rings (SSSR count). The Morgan fingerprint density at radius 2 is 2.07 bits per heavy atom. The van der Waals surface area contributed by atoms with Crippen molar-refractivity contribution in [3.8, 4) is 0 Å².